The van der Waals surface area contributed by atoms with E-state index in [1.807, 2.05) is 30.3 Å². The lowest BCUT2D eigenvalue weighted by atomic mass is 10.1. The molecule has 1 N–H and O–H groups in total. The molecule has 1 aromatic carbocycles. The smallest absolute Gasteiger partial charge is 0.244 e. The van der Waals surface area contributed by atoms with Gasteiger partial charge in [-0.2, -0.15) is 0 Å². The zero-order valence-electron chi connectivity index (χ0n) is 15.9. The average Bonchev–Trinajstić information content (AvgIpc) is 2.94. The van der Waals surface area contributed by atoms with E-state index in [-0.39, 0.29) is 19.0 Å². The molecular formula is C19H28N6O2. The quantitative estimate of drug-likeness (QED) is 0.787. The molecule has 1 amide bonds. The summed E-state index contributed by atoms with van der Waals surface area (Å²) in [5.41, 5.74) is 0.793. The van der Waals surface area contributed by atoms with Crippen molar-refractivity contribution in [3.63, 3.8) is 0 Å². The highest BCUT2D eigenvalue weighted by Crippen LogP contribution is 2.14. The summed E-state index contributed by atoms with van der Waals surface area (Å²) in [6.07, 6.45) is 4.22. The van der Waals surface area contributed by atoms with E-state index in [0.29, 0.717) is 12.4 Å². The maximum absolute atomic E-state index is 12.6. The van der Waals surface area contributed by atoms with Crippen molar-refractivity contribution in [1.29, 1.82) is 0 Å². The highest BCUT2D eigenvalue weighted by atomic mass is 16.3. The summed E-state index contributed by atoms with van der Waals surface area (Å²) < 4.78 is 1.57. The molecule has 27 heavy (non-hydrogen) atoms. The first-order chi connectivity index (χ1) is 13.1. The van der Waals surface area contributed by atoms with Crippen LogP contribution in [-0.2, 0) is 17.9 Å². The Morgan fingerprint density at radius 3 is 2.59 bits per heavy atom. The van der Waals surface area contributed by atoms with Gasteiger partial charge < -0.3 is 10.0 Å². The van der Waals surface area contributed by atoms with Crippen LogP contribution in [0.15, 0.2) is 30.3 Å². The molecule has 146 valence electrons. The Morgan fingerprint density at radius 2 is 1.89 bits per heavy atom. The van der Waals surface area contributed by atoms with E-state index in [0.717, 1.165) is 18.7 Å². The third-order valence-electron chi connectivity index (χ3n) is 5.01. The molecule has 2 heterocycles. The fourth-order valence-electron chi connectivity index (χ4n) is 3.34. The third-order valence-corrected chi connectivity index (χ3v) is 5.01. The lowest BCUT2D eigenvalue weighted by Gasteiger charge is -2.22. The number of aliphatic hydroxyl groups is 1. The van der Waals surface area contributed by atoms with Gasteiger partial charge in [-0.25, -0.2) is 4.68 Å². The van der Waals surface area contributed by atoms with Gasteiger partial charge in [0.25, 0.3) is 0 Å². The van der Waals surface area contributed by atoms with E-state index < -0.39 is 6.10 Å². The first-order valence-corrected chi connectivity index (χ1v) is 9.58. The largest absolute Gasteiger partial charge is 0.387 e. The van der Waals surface area contributed by atoms with Crippen LogP contribution in [0, 0.1) is 0 Å². The third kappa shape index (κ3) is 5.58. The van der Waals surface area contributed by atoms with Gasteiger partial charge >= 0.3 is 0 Å². The number of hydrogen-bond donors (Lipinski definition) is 1. The fourth-order valence-corrected chi connectivity index (χ4v) is 3.34. The van der Waals surface area contributed by atoms with Gasteiger partial charge in [0, 0.05) is 7.05 Å². The summed E-state index contributed by atoms with van der Waals surface area (Å²) >= 11 is 0. The minimum absolute atomic E-state index is 0.0776. The van der Waals surface area contributed by atoms with Crippen molar-refractivity contribution < 1.29 is 9.90 Å². The van der Waals surface area contributed by atoms with Crippen LogP contribution in [0.4, 0.5) is 0 Å². The van der Waals surface area contributed by atoms with Gasteiger partial charge in [0.1, 0.15) is 6.54 Å². The number of hydrogen-bond acceptors (Lipinski definition) is 6. The van der Waals surface area contributed by atoms with Gasteiger partial charge in [0.15, 0.2) is 5.82 Å². The van der Waals surface area contributed by atoms with Crippen molar-refractivity contribution in [2.45, 2.75) is 44.9 Å². The summed E-state index contributed by atoms with van der Waals surface area (Å²) in [6.45, 7) is 3.06. The Hall–Kier alpha value is -2.32. The van der Waals surface area contributed by atoms with Crippen molar-refractivity contribution in [1.82, 2.24) is 30.0 Å². The highest BCUT2D eigenvalue weighted by molar-refractivity contribution is 5.75. The van der Waals surface area contributed by atoms with Gasteiger partial charge in [-0.15, -0.1) is 5.10 Å². The Kier molecular flexibility index (Phi) is 6.89. The van der Waals surface area contributed by atoms with E-state index in [2.05, 4.69) is 20.4 Å². The van der Waals surface area contributed by atoms with Gasteiger partial charge in [-0.05, 0) is 41.9 Å². The number of likely N-dealkylation sites (tertiary alicyclic amines) is 1. The minimum Gasteiger partial charge on any atom is -0.387 e. The van der Waals surface area contributed by atoms with E-state index in [4.69, 9.17) is 0 Å². The summed E-state index contributed by atoms with van der Waals surface area (Å²) in [5, 5.41) is 22.1. The molecule has 0 aliphatic carbocycles. The second-order valence-electron chi connectivity index (χ2n) is 7.14. The number of amides is 1. The predicted molar refractivity (Wildman–Crippen MR) is 101 cm³/mol. The summed E-state index contributed by atoms with van der Waals surface area (Å²) in [5.74, 6) is 0.580. The van der Waals surface area contributed by atoms with Crippen LogP contribution in [0.25, 0.3) is 0 Å². The Balaban J connectivity index is 1.55. The van der Waals surface area contributed by atoms with Crippen molar-refractivity contribution in [3.05, 3.63) is 41.7 Å². The SMILES string of the molecule is CN(C[C@@H](O)c1ccccc1)C(=O)Cn1nnnc1CN1CCCCCC1. The monoisotopic (exact) mass is 372 g/mol. The number of likely N-dealkylation sites (N-methyl/N-ethyl adjacent to an activating group) is 1. The molecule has 1 aliphatic heterocycles. The molecule has 0 spiro atoms. The standard InChI is InChI=1S/C19H28N6O2/c1-23(13-17(26)16-9-5-4-6-10-16)19(27)15-25-18(20-21-22-25)14-24-11-7-2-3-8-12-24/h4-6,9-10,17,26H,2-3,7-8,11-15H2,1H3/t17-/m1/s1. The topological polar surface area (TPSA) is 87.4 Å². The molecule has 8 heteroatoms. The number of nitrogens with zero attached hydrogens (tertiary/aromatic N) is 6. The summed E-state index contributed by atoms with van der Waals surface area (Å²) in [4.78, 5) is 16.4. The molecular weight excluding hydrogens is 344 g/mol. The Bertz CT molecular complexity index is 712. The summed E-state index contributed by atoms with van der Waals surface area (Å²) in [7, 11) is 1.69. The Morgan fingerprint density at radius 1 is 1.19 bits per heavy atom. The van der Waals surface area contributed by atoms with Crippen LogP contribution < -0.4 is 0 Å². The predicted octanol–water partition coefficient (Wildman–Crippen LogP) is 1.24. The molecule has 0 saturated carbocycles. The lowest BCUT2D eigenvalue weighted by molar-refractivity contribution is -0.132. The molecule has 0 bridgehead atoms. The second kappa shape index (κ2) is 9.57. The van der Waals surface area contributed by atoms with Gasteiger partial charge in [-0.3, -0.25) is 9.69 Å². The number of rotatable bonds is 7. The maximum Gasteiger partial charge on any atom is 0.244 e. The van der Waals surface area contributed by atoms with E-state index >= 15 is 0 Å². The van der Waals surface area contributed by atoms with Crippen LogP contribution in [0.1, 0.15) is 43.2 Å². The van der Waals surface area contributed by atoms with E-state index in [9.17, 15) is 9.90 Å². The first kappa shape index (κ1) is 19.4. The lowest BCUT2D eigenvalue weighted by Crippen LogP contribution is -2.35. The minimum atomic E-state index is -0.717. The van der Waals surface area contributed by atoms with E-state index in [1.165, 1.54) is 30.6 Å². The average molecular weight is 372 g/mol. The van der Waals surface area contributed by atoms with Crippen LogP contribution in [-0.4, -0.2) is 67.7 Å². The van der Waals surface area contributed by atoms with Crippen molar-refractivity contribution in [2.24, 2.45) is 0 Å². The number of benzene rings is 1. The molecule has 3 rings (SSSR count). The molecule has 2 aromatic rings. The number of carbonyl (C=O) groups excluding carboxylic acids is 1. The summed E-state index contributed by atoms with van der Waals surface area (Å²) in [6, 6.07) is 9.34. The maximum atomic E-state index is 12.6. The number of aromatic nitrogens is 4. The molecule has 8 nitrogen and oxygen atoms in total. The fraction of sp³-hybridized carbons (Fsp3) is 0.579. The van der Waals surface area contributed by atoms with Crippen molar-refractivity contribution in [2.75, 3.05) is 26.7 Å². The van der Waals surface area contributed by atoms with Crippen LogP contribution >= 0.6 is 0 Å². The van der Waals surface area contributed by atoms with Gasteiger partial charge in [0.05, 0.1) is 19.2 Å². The molecule has 1 atom stereocenters. The van der Waals surface area contributed by atoms with Gasteiger partial charge in [-0.1, -0.05) is 43.2 Å². The second-order valence-corrected chi connectivity index (χ2v) is 7.14. The molecule has 1 saturated heterocycles. The Labute approximate surface area is 159 Å². The van der Waals surface area contributed by atoms with Crippen LogP contribution in [0.5, 0.6) is 0 Å². The van der Waals surface area contributed by atoms with Crippen molar-refractivity contribution in [3.8, 4) is 0 Å². The van der Waals surface area contributed by atoms with E-state index in [1.54, 1.807) is 11.7 Å². The molecule has 0 radical (unpaired) electrons. The zero-order valence-corrected chi connectivity index (χ0v) is 15.9. The normalized spacial score (nSPS) is 16.7. The molecule has 1 aromatic heterocycles. The number of tetrazole rings is 1. The van der Waals surface area contributed by atoms with Crippen LogP contribution in [0.2, 0.25) is 0 Å². The van der Waals surface area contributed by atoms with Gasteiger partial charge in [0.2, 0.25) is 5.91 Å². The zero-order chi connectivity index (χ0) is 19.1. The van der Waals surface area contributed by atoms with Crippen LogP contribution in [0.3, 0.4) is 0 Å². The number of aliphatic hydroxyl groups excluding tert-OH is 1. The molecule has 1 fully saturated rings. The van der Waals surface area contributed by atoms with Crippen molar-refractivity contribution >= 4 is 5.91 Å². The highest BCUT2D eigenvalue weighted by Gasteiger charge is 2.19. The molecule has 0 unspecified atom stereocenters. The molecule has 1 aliphatic rings. The first-order valence-electron chi connectivity index (χ1n) is 9.58. The number of carbonyl (C=O) groups is 1.